The number of phosphoric ester groups is 1. The van der Waals surface area contributed by atoms with Crippen molar-refractivity contribution in [3.63, 3.8) is 0 Å². The van der Waals surface area contributed by atoms with E-state index in [0.717, 1.165) is 16.7 Å². The molecule has 4 nitrogen and oxygen atoms in total. The minimum atomic E-state index is -3.93. The van der Waals surface area contributed by atoms with E-state index >= 15 is 0 Å². The maximum Gasteiger partial charge on any atom is 0.647 e. The molecule has 33 heavy (non-hydrogen) atoms. The highest BCUT2D eigenvalue weighted by Gasteiger charge is 2.33. The molecule has 0 saturated heterocycles. The van der Waals surface area contributed by atoms with Gasteiger partial charge in [-0.3, -0.25) is 0 Å². The number of benzene rings is 4. The van der Waals surface area contributed by atoms with E-state index in [1.165, 1.54) is 5.56 Å². The molecule has 0 aliphatic carbocycles. The van der Waals surface area contributed by atoms with Crippen LogP contribution in [0.1, 0.15) is 22.3 Å². The molecule has 0 unspecified atom stereocenters. The number of hydrogen-bond acceptors (Lipinski definition) is 4. The van der Waals surface area contributed by atoms with Gasteiger partial charge in [0.1, 0.15) is 17.2 Å². The van der Waals surface area contributed by atoms with Gasteiger partial charge < -0.3 is 13.6 Å². The van der Waals surface area contributed by atoms with Crippen molar-refractivity contribution in [1.82, 2.24) is 0 Å². The van der Waals surface area contributed by atoms with Crippen LogP contribution in [-0.4, -0.2) is 0 Å². The third-order valence-corrected chi connectivity index (χ3v) is 5.96. The van der Waals surface area contributed by atoms with Crippen LogP contribution < -0.4 is 13.6 Å². The Balaban J connectivity index is 0.000000374. The molecule has 0 amide bonds. The molecule has 0 fully saturated rings. The van der Waals surface area contributed by atoms with E-state index in [1.54, 1.807) is 36.4 Å². The zero-order valence-corrected chi connectivity index (χ0v) is 20.3. The van der Waals surface area contributed by atoms with Crippen LogP contribution in [0.15, 0.2) is 103 Å². The van der Waals surface area contributed by atoms with Crippen molar-refractivity contribution in [2.45, 2.75) is 27.7 Å². The fraction of sp³-hybridized carbons (Fsp3) is 0.143. The molecule has 4 aromatic carbocycles. The van der Waals surface area contributed by atoms with Crippen LogP contribution in [-0.2, 0) is 4.57 Å². The molecule has 0 aliphatic rings. The molecule has 0 spiro atoms. The molecule has 0 N–H and O–H groups in total. The topological polar surface area (TPSA) is 44.8 Å². The predicted molar refractivity (Wildman–Crippen MR) is 134 cm³/mol. The maximum atomic E-state index is 13.3. The quantitative estimate of drug-likeness (QED) is 0.272. The van der Waals surface area contributed by atoms with E-state index in [9.17, 15) is 4.57 Å². The second kappa shape index (κ2) is 11.4. The highest BCUT2D eigenvalue weighted by atomic mass is 31.2. The molecule has 0 radical (unpaired) electrons. The minimum absolute atomic E-state index is 0.415. The Kier molecular flexibility index (Phi) is 8.34. The maximum absolute atomic E-state index is 13.3. The van der Waals surface area contributed by atoms with Crippen LogP contribution in [0.3, 0.4) is 0 Å². The van der Waals surface area contributed by atoms with E-state index in [0.29, 0.717) is 17.2 Å². The summed E-state index contributed by atoms with van der Waals surface area (Å²) in [5, 5.41) is 0. The van der Waals surface area contributed by atoms with Gasteiger partial charge in [-0.05, 0) is 64.1 Å². The molecule has 4 aromatic rings. The number of phosphoric acid groups is 1. The van der Waals surface area contributed by atoms with Gasteiger partial charge in [0.2, 0.25) is 0 Å². The first-order valence-corrected chi connectivity index (χ1v) is 12.2. The number of hydrogen-bond donors (Lipinski definition) is 0. The third-order valence-electron chi connectivity index (χ3n) is 4.66. The third kappa shape index (κ3) is 8.17. The lowest BCUT2D eigenvalue weighted by atomic mass is 10.2. The van der Waals surface area contributed by atoms with E-state index in [2.05, 4.69) is 19.1 Å². The Bertz CT molecular complexity index is 1050. The van der Waals surface area contributed by atoms with Crippen molar-refractivity contribution < 1.29 is 18.1 Å². The van der Waals surface area contributed by atoms with Crippen molar-refractivity contribution in [2.75, 3.05) is 0 Å². The lowest BCUT2D eigenvalue weighted by molar-refractivity contribution is 0.298. The van der Waals surface area contributed by atoms with Crippen LogP contribution in [0.25, 0.3) is 0 Å². The predicted octanol–water partition coefficient (Wildman–Crippen LogP) is 8.25. The van der Waals surface area contributed by atoms with Gasteiger partial charge in [-0.1, -0.05) is 89.0 Å². The van der Waals surface area contributed by atoms with E-state index < -0.39 is 7.82 Å². The average Bonchev–Trinajstić information content (AvgIpc) is 2.80. The molecule has 170 valence electrons. The van der Waals surface area contributed by atoms with E-state index in [1.807, 2.05) is 75.4 Å². The highest BCUT2D eigenvalue weighted by molar-refractivity contribution is 7.49. The fourth-order valence-electron chi connectivity index (χ4n) is 2.77. The van der Waals surface area contributed by atoms with Crippen molar-refractivity contribution in [3.05, 3.63) is 125 Å². The van der Waals surface area contributed by atoms with Gasteiger partial charge in [-0.15, -0.1) is 0 Å². The van der Waals surface area contributed by atoms with Crippen LogP contribution in [0, 0.1) is 27.7 Å². The second-order valence-corrected chi connectivity index (χ2v) is 9.26. The van der Waals surface area contributed by atoms with Crippen molar-refractivity contribution in [3.8, 4) is 17.2 Å². The summed E-state index contributed by atoms with van der Waals surface area (Å²) in [6.07, 6.45) is 0. The summed E-state index contributed by atoms with van der Waals surface area (Å²) in [6.45, 7) is 7.99. The molecule has 5 heteroatoms. The second-order valence-electron chi connectivity index (χ2n) is 7.81. The summed E-state index contributed by atoms with van der Waals surface area (Å²) >= 11 is 0. The molecular weight excluding hydrogens is 431 g/mol. The van der Waals surface area contributed by atoms with Crippen molar-refractivity contribution in [1.29, 1.82) is 0 Å². The molecule has 0 atom stereocenters. The van der Waals surface area contributed by atoms with Crippen LogP contribution in [0.5, 0.6) is 17.2 Å². The zero-order valence-electron chi connectivity index (χ0n) is 19.4. The number of aryl methyl sites for hydroxylation is 4. The van der Waals surface area contributed by atoms with E-state index in [-0.39, 0.29) is 0 Å². The summed E-state index contributed by atoms with van der Waals surface area (Å²) < 4.78 is 30.2. The Hall–Kier alpha value is -3.49. The van der Waals surface area contributed by atoms with Gasteiger partial charge in [0, 0.05) is 0 Å². The van der Waals surface area contributed by atoms with Gasteiger partial charge in [0.15, 0.2) is 0 Å². The summed E-state index contributed by atoms with van der Waals surface area (Å²) in [4.78, 5) is 0. The molecule has 0 bridgehead atoms. The zero-order chi connectivity index (χ0) is 23.7. The first-order valence-electron chi connectivity index (χ1n) is 10.7. The Morgan fingerprint density at radius 1 is 0.424 bits per heavy atom. The summed E-state index contributed by atoms with van der Waals surface area (Å²) in [5.74, 6) is 1.24. The molecule has 0 aromatic heterocycles. The van der Waals surface area contributed by atoms with Gasteiger partial charge in [0.05, 0.1) is 0 Å². The van der Waals surface area contributed by atoms with Gasteiger partial charge in [0.25, 0.3) is 0 Å². The lowest BCUT2D eigenvalue weighted by Crippen LogP contribution is -2.07. The SMILES string of the molecule is Cc1ccc(OP(=O)(Oc2ccc(C)cc2)Oc2ccc(C)cc2)cc1.Cc1ccccc1. The van der Waals surface area contributed by atoms with E-state index in [4.69, 9.17) is 13.6 Å². The summed E-state index contributed by atoms with van der Waals surface area (Å²) in [7, 11) is -3.93. The minimum Gasteiger partial charge on any atom is -0.386 e. The highest BCUT2D eigenvalue weighted by Crippen LogP contribution is 2.49. The molecular formula is C28H29O4P. The molecule has 0 heterocycles. The monoisotopic (exact) mass is 460 g/mol. The number of rotatable bonds is 6. The standard InChI is InChI=1S/C21H21O4P.C7H8/c1-16-4-10-19(11-5-16)23-26(22,24-20-12-6-17(2)7-13-20)25-21-14-8-18(3)9-15-21;1-7-5-3-2-4-6-7/h4-15H,1-3H3;2-6H,1H3. The first-order chi connectivity index (χ1) is 15.8. The van der Waals surface area contributed by atoms with Gasteiger partial charge in [-0.2, -0.15) is 4.57 Å². The van der Waals surface area contributed by atoms with Crippen LogP contribution >= 0.6 is 7.82 Å². The normalized spacial score (nSPS) is 10.5. The van der Waals surface area contributed by atoms with Crippen LogP contribution in [0.2, 0.25) is 0 Å². The smallest absolute Gasteiger partial charge is 0.386 e. The van der Waals surface area contributed by atoms with Crippen LogP contribution in [0.4, 0.5) is 0 Å². The Morgan fingerprint density at radius 3 is 0.939 bits per heavy atom. The fourth-order valence-corrected chi connectivity index (χ4v) is 4.03. The Morgan fingerprint density at radius 2 is 0.697 bits per heavy atom. The summed E-state index contributed by atoms with van der Waals surface area (Å²) in [5.41, 5.74) is 4.55. The molecule has 0 saturated carbocycles. The first kappa shape index (κ1) is 24.2. The van der Waals surface area contributed by atoms with Crippen molar-refractivity contribution >= 4 is 7.82 Å². The Labute approximate surface area is 196 Å². The molecule has 0 aliphatic heterocycles. The van der Waals surface area contributed by atoms with Gasteiger partial charge in [-0.25, -0.2) is 0 Å². The van der Waals surface area contributed by atoms with Crippen molar-refractivity contribution in [2.24, 2.45) is 0 Å². The largest absolute Gasteiger partial charge is 0.647 e. The molecule has 4 rings (SSSR count). The average molecular weight is 461 g/mol. The van der Waals surface area contributed by atoms with Gasteiger partial charge >= 0.3 is 7.82 Å². The lowest BCUT2D eigenvalue weighted by Gasteiger charge is -2.19. The summed E-state index contributed by atoms with van der Waals surface area (Å²) in [6, 6.07) is 31.9.